The monoisotopic (exact) mass is 323 g/mol. The van der Waals surface area contributed by atoms with Gasteiger partial charge in [0.25, 0.3) is 5.91 Å². The number of carbonyl (C=O) groups is 4. The van der Waals surface area contributed by atoms with Crippen LogP contribution in [0.25, 0.3) is 0 Å². The minimum absolute atomic E-state index is 0.136. The molecule has 116 valence electrons. The van der Waals surface area contributed by atoms with Gasteiger partial charge in [-0.2, -0.15) is 0 Å². The van der Waals surface area contributed by atoms with Crippen LogP contribution in [0.1, 0.15) is 28.2 Å². The summed E-state index contributed by atoms with van der Waals surface area (Å²) in [5.41, 5.74) is 0.653. The molecule has 1 aromatic heterocycles. The van der Waals surface area contributed by atoms with Crippen molar-refractivity contribution in [1.29, 1.82) is 0 Å². The Morgan fingerprint density at radius 2 is 2.14 bits per heavy atom. The number of urea groups is 1. The van der Waals surface area contributed by atoms with Crippen LogP contribution in [0.2, 0.25) is 0 Å². The minimum atomic E-state index is -0.946. The van der Waals surface area contributed by atoms with Crippen molar-refractivity contribution in [3.8, 4) is 0 Å². The van der Waals surface area contributed by atoms with E-state index in [-0.39, 0.29) is 17.5 Å². The standard InChI is InChI=1S/C12H13N5O4S/c18-7-4-6(14-11(21)16-7)9(19)17-12-15-5-2-1-3-13-10(20)8(5)22-12/h6H,1-4H2,(H,13,20)(H,15,17,19)(H2,14,16,18,21). The van der Waals surface area contributed by atoms with Crippen molar-refractivity contribution < 1.29 is 19.2 Å². The van der Waals surface area contributed by atoms with Crippen LogP contribution in [0, 0.1) is 0 Å². The molecule has 3 heterocycles. The van der Waals surface area contributed by atoms with E-state index in [1.165, 1.54) is 0 Å². The number of fused-ring (bicyclic) bond motifs is 1. The summed E-state index contributed by atoms with van der Waals surface area (Å²) in [5, 5.41) is 9.99. The number of aryl methyl sites for hydroxylation is 1. The van der Waals surface area contributed by atoms with Crippen molar-refractivity contribution in [2.24, 2.45) is 0 Å². The summed E-state index contributed by atoms with van der Waals surface area (Å²) in [6.07, 6.45) is 1.31. The van der Waals surface area contributed by atoms with Gasteiger partial charge in [-0.15, -0.1) is 0 Å². The molecule has 2 aliphatic rings. The quantitative estimate of drug-likeness (QED) is 0.575. The number of hydrogen-bond donors (Lipinski definition) is 4. The maximum Gasteiger partial charge on any atom is 0.322 e. The van der Waals surface area contributed by atoms with Gasteiger partial charge in [-0.1, -0.05) is 11.3 Å². The molecule has 10 heteroatoms. The van der Waals surface area contributed by atoms with E-state index in [9.17, 15) is 19.2 Å². The highest BCUT2D eigenvalue weighted by atomic mass is 32.1. The average molecular weight is 323 g/mol. The molecule has 0 saturated carbocycles. The van der Waals surface area contributed by atoms with Crippen LogP contribution < -0.4 is 21.3 Å². The third-order valence-electron chi connectivity index (χ3n) is 3.27. The second-order valence-electron chi connectivity index (χ2n) is 4.92. The third-order valence-corrected chi connectivity index (χ3v) is 4.29. The number of carbonyl (C=O) groups excluding carboxylic acids is 4. The van der Waals surface area contributed by atoms with Crippen LogP contribution in [-0.4, -0.2) is 41.3 Å². The summed E-state index contributed by atoms with van der Waals surface area (Å²) < 4.78 is 0. The van der Waals surface area contributed by atoms with Gasteiger partial charge in [-0.05, 0) is 12.8 Å². The smallest absolute Gasteiger partial charge is 0.322 e. The van der Waals surface area contributed by atoms with Gasteiger partial charge in [-0.3, -0.25) is 19.7 Å². The summed E-state index contributed by atoms with van der Waals surface area (Å²) in [6.45, 7) is 0.604. The molecule has 1 aromatic rings. The topological polar surface area (TPSA) is 129 Å². The fourth-order valence-corrected chi connectivity index (χ4v) is 3.18. The van der Waals surface area contributed by atoms with Crippen LogP contribution in [0.4, 0.5) is 9.93 Å². The first kappa shape index (κ1) is 14.4. The molecule has 3 rings (SSSR count). The van der Waals surface area contributed by atoms with E-state index < -0.39 is 23.9 Å². The molecule has 22 heavy (non-hydrogen) atoms. The normalized spacial score (nSPS) is 21.1. The first-order valence-electron chi connectivity index (χ1n) is 6.72. The first-order chi connectivity index (χ1) is 10.5. The van der Waals surface area contributed by atoms with Gasteiger partial charge in [0.05, 0.1) is 12.1 Å². The molecule has 5 amide bonds. The van der Waals surface area contributed by atoms with Crippen molar-refractivity contribution in [2.75, 3.05) is 11.9 Å². The van der Waals surface area contributed by atoms with Gasteiger partial charge in [0.15, 0.2) is 5.13 Å². The van der Waals surface area contributed by atoms with E-state index >= 15 is 0 Å². The highest BCUT2D eigenvalue weighted by Crippen LogP contribution is 2.25. The van der Waals surface area contributed by atoms with E-state index in [0.29, 0.717) is 23.5 Å². The Morgan fingerprint density at radius 3 is 2.91 bits per heavy atom. The van der Waals surface area contributed by atoms with E-state index in [1.807, 2.05) is 5.32 Å². The number of hydrogen-bond acceptors (Lipinski definition) is 6. The number of nitrogens with zero attached hydrogens (tertiary/aromatic N) is 1. The second kappa shape index (κ2) is 5.72. The number of thiazole rings is 1. The molecule has 9 nitrogen and oxygen atoms in total. The lowest BCUT2D eigenvalue weighted by molar-refractivity contribution is -0.126. The number of rotatable bonds is 2. The Morgan fingerprint density at radius 1 is 1.32 bits per heavy atom. The van der Waals surface area contributed by atoms with Crippen LogP contribution in [0.15, 0.2) is 0 Å². The van der Waals surface area contributed by atoms with Crippen molar-refractivity contribution in [1.82, 2.24) is 20.9 Å². The second-order valence-corrected chi connectivity index (χ2v) is 5.92. The highest BCUT2D eigenvalue weighted by Gasteiger charge is 2.30. The number of aromatic nitrogens is 1. The molecule has 1 fully saturated rings. The third kappa shape index (κ3) is 2.91. The summed E-state index contributed by atoms with van der Waals surface area (Å²) in [4.78, 5) is 51.1. The SMILES string of the molecule is O=C1CC(C(=O)Nc2nc3c(s2)C(=O)NCCC3)NC(=O)N1. The van der Waals surface area contributed by atoms with Crippen molar-refractivity contribution in [3.05, 3.63) is 10.6 Å². The molecule has 1 saturated heterocycles. The van der Waals surface area contributed by atoms with Gasteiger partial charge in [0.1, 0.15) is 10.9 Å². The lowest BCUT2D eigenvalue weighted by Crippen LogP contribution is -2.56. The Bertz CT molecular complexity index is 654. The minimum Gasteiger partial charge on any atom is -0.351 e. The maximum atomic E-state index is 12.1. The maximum absolute atomic E-state index is 12.1. The lowest BCUT2D eigenvalue weighted by Gasteiger charge is -2.21. The molecule has 0 aliphatic carbocycles. The van der Waals surface area contributed by atoms with Gasteiger partial charge in [0.2, 0.25) is 11.8 Å². The highest BCUT2D eigenvalue weighted by molar-refractivity contribution is 7.17. The van der Waals surface area contributed by atoms with Gasteiger partial charge >= 0.3 is 6.03 Å². The van der Waals surface area contributed by atoms with Gasteiger partial charge in [-0.25, -0.2) is 9.78 Å². The molecule has 1 atom stereocenters. The summed E-state index contributed by atoms with van der Waals surface area (Å²) >= 11 is 1.08. The summed E-state index contributed by atoms with van der Waals surface area (Å²) in [7, 11) is 0. The average Bonchev–Trinajstić information content (AvgIpc) is 2.77. The van der Waals surface area contributed by atoms with E-state index in [4.69, 9.17) is 0 Å². The van der Waals surface area contributed by atoms with Crippen molar-refractivity contribution in [2.45, 2.75) is 25.3 Å². The number of amides is 5. The molecular weight excluding hydrogens is 310 g/mol. The fourth-order valence-electron chi connectivity index (χ4n) is 2.25. The van der Waals surface area contributed by atoms with E-state index in [0.717, 1.165) is 17.8 Å². The number of imide groups is 1. The largest absolute Gasteiger partial charge is 0.351 e. The summed E-state index contributed by atoms with van der Waals surface area (Å²) in [5.74, 6) is -1.25. The molecule has 1 unspecified atom stereocenters. The van der Waals surface area contributed by atoms with Gasteiger partial charge in [0, 0.05) is 6.54 Å². The van der Waals surface area contributed by atoms with E-state index in [2.05, 4.69) is 20.9 Å². The first-order valence-corrected chi connectivity index (χ1v) is 7.53. The van der Waals surface area contributed by atoms with Crippen molar-refractivity contribution >= 4 is 40.2 Å². The molecule has 2 aliphatic heterocycles. The van der Waals surface area contributed by atoms with Crippen LogP contribution in [0.5, 0.6) is 0 Å². The number of anilines is 1. The van der Waals surface area contributed by atoms with Crippen LogP contribution in [-0.2, 0) is 16.0 Å². The lowest BCUT2D eigenvalue weighted by atomic mass is 10.1. The zero-order valence-corrected chi connectivity index (χ0v) is 12.2. The Hall–Kier alpha value is -2.49. The molecule has 0 aromatic carbocycles. The molecule has 4 N–H and O–H groups in total. The predicted octanol–water partition coefficient (Wildman–Crippen LogP) is -0.644. The Balaban J connectivity index is 1.72. The van der Waals surface area contributed by atoms with Crippen molar-refractivity contribution in [3.63, 3.8) is 0 Å². The zero-order valence-electron chi connectivity index (χ0n) is 11.4. The van der Waals surface area contributed by atoms with Crippen LogP contribution in [0.3, 0.4) is 0 Å². The molecule has 0 radical (unpaired) electrons. The fraction of sp³-hybridized carbons (Fsp3) is 0.417. The Labute approximate surface area is 128 Å². The molecule has 0 spiro atoms. The zero-order chi connectivity index (χ0) is 15.7. The molecule has 0 bridgehead atoms. The summed E-state index contributed by atoms with van der Waals surface area (Å²) in [6, 6.07) is -1.65. The number of nitrogens with one attached hydrogen (secondary N) is 4. The predicted molar refractivity (Wildman–Crippen MR) is 76.5 cm³/mol. The van der Waals surface area contributed by atoms with Gasteiger partial charge < -0.3 is 16.0 Å². The van der Waals surface area contributed by atoms with E-state index in [1.54, 1.807) is 0 Å². The van der Waals surface area contributed by atoms with Crippen LogP contribution >= 0.6 is 11.3 Å². The Kier molecular flexibility index (Phi) is 3.75. The molecular formula is C12H13N5O4S.